The molecule has 2 aliphatic rings. The number of aliphatic carboxylic acids is 1. The summed E-state index contributed by atoms with van der Waals surface area (Å²) in [5.41, 5.74) is 0.929. The predicted molar refractivity (Wildman–Crippen MR) is 88.8 cm³/mol. The van der Waals surface area contributed by atoms with E-state index in [0.717, 1.165) is 31.2 Å². The minimum absolute atomic E-state index is 0.204. The first-order chi connectivity index (χ1) is 11.7. The molecule has 3 rings (SSSR count). The van der Waals surface area contributed by atoms with Crippen LogP contribution in [0, 0.1) is 5.92 Å². The molecule has 0 unspecified atom stereocenters. The highest BCUT2D eigenvalue weighted by atomic mass is 16.6. The molecule has 6 nitrogen and oxygen atoms in total. The second-order valence-corrected chi connectivity index (χ2v) is 6.42. The maximum absolute atomic E-state index is 11.6. The Labute approximate surface area is 142 Å². The Kier molecular flexibility index (Phi) is 5.45. The Bertz CT molecular complexity index is 566. The van der Waals surface area contributed by atoms with Crippen LogP contribution < -0.4 is 19.5 Å². The summed E-state index contributed by atoms with van der Waals surface area (Å²) in [6.45, 7) is 1.47. The van der Waals surface area contributed by atoms with E-state index in [1.807, 2.05) is 12.1 Å². The van der Waals surface area contributed by atoms with Gasteiger partial charge >= 0.3 is 5.97 Å². The van der Waals surface area contributed by atoms with Crippen LogP contribution in [0.1, 0.15) is 37.7 Å². The van der Waals surface area contributed by atoms with Gasteiger partial charge in [-0.05, 0) is 36.5 Å². The number of rotatable bonds is 6. The maximum atomic E-state index is 11.6. The van der Waals surface area contributed by atoms with Gasteiger partial charge in [-0.2, -0.15) is 0 Å². The molecule has 1 saturated carbocycles. The molecule has 0 saturated heterocycles. The number of carboxylic acids is 1. The average Bonchev–Trinajstić information content (AvgIpc) is 2.61. The molecule has 1 aliphatic heterocycles. The van der Waals surface area contributed by atoms with Crippen molar-refractivity contribution in [1.29, 1.82) is 0 Å². The minimum atomic E-state index is -0.772. The molecule has 1 heterocycles. The van der Waals surface area contributed by atoms with E-state index >= 15 is 0 Å². The SMILES string of the molecule is COc1cc(CN[C@H](C(=O)O)C2CCCCC2)cc2c1OCCO2. The summed E-state index contributed by atoms with van der Waals surface area (Å²) in [6.07, 6.45) is 5.41. The molecule has 0 spiro atoms. The summed E-state index contributed by atoms with van der Waals surface area (Å²) in [7, 11) is 1.59. The van der Waals surface area contributed by atoms with Gasteiger partial charge in [-0.25, -0.2) is 0 Å². The Morgan fingerprint density at radius 1 is 1.29 bits per heavy atom. The normalized spacial score (nSPS) is 18.9. The zero-order valence-electron chi connectivity index (χ0n) is 14.0. The molecule has 24 heavy (non-hydrogen) atoms. The van der Waals surface area contributed by atoms with Gasteiger partial charge < -0.3 is 24.6 Å². The summed E-state index contributed by atoms with van der Waals surface area (Å²) in [5, 5.41) is 12.8. The number of carbonyl (C=O) groups is 1. The highest BCUT2D eigenvalue weighted by molar-refractivity contribution is 5.74. The van der Waals surface area contributed by atoms with Crippen LogP contribution in [0.25, 0.3) is 0 Å². The Morgan fingerprint density at radius 3 is 2.75 bits per heavy atom. The van der Waals surface area contributed by atoms with Crippen LogP contribution in [0.15, 0.2) is 12.1 Å². The molecule has 0 bridgehead atoms. The van der Waals surface area contributed by atoms with Gasteiger partial charge in [-0.1, -0.05) is 19.3 Å². The van der Waals surface area contributed by atoms with E-state index in [9.17, 15) is 9.90 Å². The Morgan fingerprint density at radius 2 is 2.04 bits per heavy atom. The molecule has 1 atom stereocenters. The van der Waals surface area contributed by atoms with Gasteiger partial charge in [0.05, 0.1) is 7.11 Å². The van der Waals surface area contributed by atoms with Crippen molar-refractivity contribution in [3.05, 3.63) is 17.7 Å². The molecule has 1 aromatic rings. The molecule has 1 aliphatic carbocycles. The molecular weight excluding hydrogens is 310 g/mol. The third-order valence-electron chi connectivity index (χ3n) is 4.80. The zero-order valence-corrected chi connectivity index (χ0v) is 14.0. The van der Waals surface area contributed by atoms with Gasteiger partial charge in [0.25, 0.3) is 0 Å². The molecule has 0 radical (unpaired) electrons. The monoisotopic (exact) mass is 335 g/mol. The topological polar surface area (TPSA) is 77.0 Å². The van der Waals surface area contributed by atoms with Crippen LogP contribution in [0.2, 0.25) is 0 Å². The Hall–Kier alpha value is -1.95. The van der Waals surface area contributed by atoms with Gasteiger partial charge in [0.15, 0.2) is 11.5 Å². The van der Waals surface area contributed by atoms with Crippen molar-refractivity contribution in [2.24, 2.45) is 5.92 Å². The van der Waals surface area contributed by atoms with Crippen molar-refractivity contribution >= 4 is 5.97 Å². The summed E-state index contributed by atoms with van der Waals surface area (Å²) in [6, 6.07) is 3.26. The third kappa shape index (κ3) is 3.75. The van der Waals surface area contributed by atoms with E-state index < -0.39 is 12.0 Å². The summed E-state index contributed by atoms with van der Waals surface area (Å²) in [5.74, 6) is 1.33. The standard InChI is InChI=1S/C18H25NO5/c1-22-14-9-12(10-15-17(14)24-8-7-23-15)11-19-16(18(20)21)13-5-3-2-4-6-13/h9-10,13,16,19H,2-8,11H2,1H3,(H,20,21)/t16-/m0/s1. The van der Waals surface area contributed by atoms with Crippen LogP contribution in [0.5, 0.6) is 17.2 Å². The first kappa shape index (κ1) is 16.9. The van der Waals surface area contributed by atoms with Gasteiger partial charge in [-0.15, -0.1) is 0 Å². The van der Waals surface area contributed by atoms with Crippen molar-refractivity contribution in [3.63, 3.8) is 0 Å². The number of ether oxygens (including phenoxy) is 3. The van der Waals surface area contributed by atoms with Gasteiger partial charge in [-0.3, -0.25) is 4.79 Å². The second-order valence-electron chi connectivity index (χ2n) is 6.42. The largest absolute Gasteiger partial charge is 0.493 e. The molecule has 2 N–H and O–H groups in total. The second kappa shape index (κ2) is 7.75. The van der Waals surface area contributed by atoms with E-state index in [1.165, 1.54) is 6.42 Å². The molecule has 0 amide bonds. The number of nitrogens with one attached hydrogen (secondary N) is 1. The lowest BCUT2D eigenvalue weighted by Gasteiger charge is -2.28. The first-order valence-electron chi connectivity index (χ1n) is 8.61. The van der Waals surface area contributed by atoms with Gasteiger partial charge in [0.2, 0.25) is 5.75 Å². The number of methoxy groups -OCH3 is 1. The van der Waals surface area contributed by atoms with Crippen LogP contribution in [-0.2, 0) is 11.3 Å². The first-order valence-corrected chi connectivity index (χ1v) is 8.61. The Balaban J connectivity index is 1.71. The van der Waals surface area contributed by atoms with Crippen molar-refractivity contribution in [1.82, 2.24) is 5.32 Å². The van der Waals surface area contributed by atoms with Crippen molar-refractivity contribution in [2.75, 3.05) is 20.3 Å². The molecule has 0 aromatic heterocycles. The molecule has 1 fully saturated rings. The molecular formula is C18H25NO5. The van der Waals surface area contributed by atoms with Gasteiger partial charge in [0.1, 0.15) is 19.3 Å². The van der Waals surface area contributed by atoms with Gasteiger partial charge in [0, 0.05) is 6.54 Å². The fourth-order valence-corrected chi connectivity index (χ4v) is 3.58. The molecule has 1 aromatic carbocycles. The van der Waals surface area contributed by atoms with Crippen LogP contribution in [0.4, 0.5) is 0 Å². The van der Waals surface area contributed by atoms with E-state index in [4.69, 9.17) is 14.2 Å². The summed E-state index contributed by atoms with van der Waals surface area (Å²) >= 11 is 0. The molecule has 6 heteroatoms. The van der Waals surface area contributed by atoms with E-state index in [0.29, 0.717) is 37.0 Å². The smallest absolute Gasteiger partial charge is 0.320 e. The lowest BCUT2D eigenvalue weighted by Crippen LogP contribution is -2.43. The number of carboxylic acid groups (broad SMARTS) is 1. The van der Waals surface area contributed by atoms with Crippen molar-refractivity contribution in [2.45, 2.75) is 44.7 Å². The highest BCUT2D eigenvalue weighted by Gasteiger charge is 2.29. The highest BCUT2D eigenvalue weighted by Crippen LogP contribution is 2.40. The number of benzene rings is 1. The lowest BCUT2D eigenvalue weighted by molar-refractivity contribution is -0.141. The van der Waals surface area contributed by atoms with Crippen LogP contribution in [-0.4, -0.2) is 37.4 Å². The third-order valence-corrected chi connectivity index (χ3v) is 4.80. The average molecular weight is 335 g/mol. The summed E-state index contributed by atoms with van der Waals surface area (Å²) in [4.78, 5) is 11.6. The quantitative estimate of drug-likeness (QED) is 0.832. The predicted octanol–water partition coefficient (Wildman–Crippen LogP) is 2.59. The number of hydrogen-bond acceptors (Lipinski definition) is 5. The zero-order chi connectivity index (χ0) is 16.9. The van der Waals surface area contributed by atoms with Crippen molar-refractivity contribution < 1.29 is 24.1 Å². The van der Waals surface area contributed by atoms with E-state index in [-0.39, 0.29) is 5.92 Å². The fourth-order valence-electron chi connectivity index (χ4n) is 3.58. The van der Waals surface area contributed by atoms with Crippen LogP contribution >= 0.6 is 0 Å². The van der Waals surface area contributed by atoms with E-state index in [2.05, 4.69) is 5.32 Å². The number of hydrogen-bond donors (Lipinski definition) is 2. The minimum Gasteiger partial charge on any atom is -0.493 e. The maximum Gasteiger partial charge on any atom is 0.320 e. The van der Waals surface area contributed by atoms with Crippen LogP contribution in [0.3, 0.4) is 0 Å². The summed E-state index contributed by atoms with van der Waals surface area (Å²) < 4.78 is 16.6. The lowest BCUT2D eigenvalue weighted by atomic mass is 9.84. The van der Waals surface area contributed by atoms with Crippen molar-refractivity contribution in [3.8, 4) is 17.2 Å². The number of fused-ring (bicyclic) bond motifs is 1. The fraction of sp³-hybridized carbons (Fsp3) is 0.611. The van der Waals surface area contributed by atoms with E-state index in [1.54, 1.807) is 7.11 Å². The molecule has 132 valence electrons.